The maximum atomic E-state index is 12.2. The van der Waals surface area contributed by atoms with Crippen LogP contribution < -0.4 is 4.74 Å². The topological polar surface area (TPSA) is 35.0 Å². The molecule has 90 valence electrons. The van der Waals surface area contributed by atoms with Crippen LogP contribution in [0.25, 0.3) is 0 Å². The van der Waals surface area contributed by atoms with E-state index < -0.39 is 12.0 Å². The Morgan fingerprint density at radius 1 is 1.29 bits per heavy atom. The van der Waals surface area contributed by atoms with Gasteiger partial charge < -0.3 is 4.74 Å². The summed E-state index contributed by atoms with van der Waals surface area (Å²) >= 11 is 3.78. The van der Waals surface area contributed by atoms with Gasteiger partial charge in [-0.2, -0.15) is 22.5 Å². The lowest BCUT2D eigenvalue weighted by molar-refractivity contribution is -0.144. The number of aromatic nitrogens is 2. The zero-order valence-corrected chi connectivity index (χ0v) is 10.4. The van der Waals surface area contributed by atoms with Crippen LogP contribution in [0.3, 0.4) is 0 Å². The summed E-state index contributed by atoms with van der Waals surface area (Å²) in [6, 6.07) is 6.70. The summed E-state index contributed by atoms with van der Waals surface area (Å²) in [5.41, 5.74) is 0. The van der Waals surface area contributed by atoms with Crippen LogP contribution in [0.15, 0.2) is 28.7 Å². The van der Waals surface area contributed by atoms with Gasteiger partial charge in [-0.25, -0.2) is 0 Å². The molecule has 2 aromatic rings. The van der Waals surface area contributed by atoms with Gasteiger partial charge in [-0.1, -0.05) is 22.0 Å². The minimum atomic E-state index is -4.55. The molecule has 0 spiro atoms. The molecule has 0 fully saturated rings. The molecule has 0 bridgehead atoms. The van der Waals surface area contributed by atoms with Gasteiger partial charge in [0.05, 0.1) is 0 Å². The highest BCUT2D eigenvalue weighted by atomic mass is 79.9. The number of hydrogen-bond acceptors (Lipinski definition) is 4. The van der Waals surface area contributed by atoms with E-state index in [1.165, 1.54) is 0 Å². The van der Waals surface area contributed by atoms with Crippen molar-refractivity contribution in [2.24, 2.45) is 0 Å². The van der Waals surface area contributed by atoms with Gasteiger partial charge in [0.25, 0.3) is 11.0 Å². The summed E-state index contributed by atoms with van der Waals surface area (Å²) in [6.45, 7) is 0. The van der Waals surface area contributed by atoms with E-state index in [1.807, 2.05) is 0 Å². The van der Waals surface area contributed by atoms with Crippen molar-refractivity contribution in [2.45, 2.75) is 6.18 Å². The van der Waals surface area contributed by atoms with E-state index >= 15 is 0 Å². The molecule has 0 saturated heterocycles. The minimum Gasteiger partial charge on any atom is -0.430 e. The van der Waals surface area contributed by atoms with Gasteiger partial charge >= 0.3 is 6.18 Å². The summed E-state index contributed by atoms with van der Waals surface area (Å²) in [5, 5.41) is -0.143. The first-order chi connectivity index (χ1) is 7.95. The summed E-state index contributed by atoms with van der Waals surface area (Å²) in [5.74, 6) is -0.795. The van der Waals surface area contributed by atoms with Crippen LogP contribution in [0.5, 0.6) is 10.9 Å². The van der Waals surface area contributed by atoms with Crippen LogP contribution in [0.4, 0.5) is 13.2 Å². The monoisotopic (exact) mass is 324 g/mol. The SMILES string of the molecule is FC(F)(F)c1nsc(Oc2cccc(Br)c2)n1. The molecule has 0 aliphatic carbocycles. The summed E-state index contributed by atoms with van der Waals surface area (Å²) in [7, 11) is 0. The molecule has 0 aliphatic rings. The highest BCUT2D eigenvalue weighted by Crippen LogP contribution is 2.32. The number of rotatable bonds is 2. The molecule has 0 saturated carbocycles. The Balaban J connectivity index is 2.17. The summed E-state index contributed by atoms with van der Waals surface area (Å²) in [6.07, 6.45) is -4.55. The number of benzene rings is 1. The summed E-state index contributed by atoms with van der Waals surface area (Å²) < 4.78 is 45.8. The second kappa shape index (κ2) is 4.61. The zero-order chi connectivity index (χ0) is 12.5. The van der Waals surface area contributed by atoms with E-state index in [9.17, 15) is 13.2 Å². The third-order valence-electron chi connectivity index (χ3n) is 1.66. The van der Waals surface area contributed by atoms with Crippen molar-refractivity contribution in [3.8, 4) is 10.9 Å². The van der Waals surface area contributed by atoms with Crippen LogP contribution >= 0.6 is 27.5 Å². The molecule has 0 aliphatic heterocycles. The van der Waals surface area contributed by atoms with Crippen molar-refractivity contribution in [1.82, 2.24) is 9.36 Å². The lowest BCUT2D eigenvalue weighted by atomic mass is 10.3. The van der Waals surface area contributed by atoms with Crippen LogP contribution in [-0.4, -0.2) is 9.36 Å². The van der Waals surface area contributed by atoms with Crippen molar-refractivity contribution < 1.29 is 17.9 Å². The van der Waals surface area contributed by atoms with E-state index in [0.29, 0.717) is 17.3 Å². The molecule has 2 rings (SSSR count). The Morgan fingerprint density at radius 3 is 2.65 bits per heavy atom. The molecular weight excluding hydrogens is 321 g/mol. The molecule has 1 heterocycles. The molecule has 8 heteroatoms. The summed E-state index contributed by atoms with van der Waals surface area (Å²) in [4.78, 5) is 3.25. The van der Waals surface area contributed by atoms with Gasteiger partial charge in [-0.05, 0) is 18.2 Å². The van der Waals surface area contributed by atoms with Gasteiger partial charge in [0.15, 0.2) is 0 Å². The lowest BCUT2D eigenvalue weighted by Crippen LogP contribution is -2.06. The molecular formula is C9H4BrF3N2OS. The maximum Gasteiger partial charge on any atom is 0.452 e. The minimum absolute atomic E-state index is 0.143. The molecule has 1 aromatic carbocycles. The van der Waals surface area contributed by atoms with Gasteiger partial charge in [-0.3, -0.25) is 0 Å². The number of halogens is 4. The van der Waals surface area contributed by atoms with Crippen LogP contribution in [0.1, 0.15) is 5.82 Å². The van der Waals surface area contributed by atoms with Gasteiger partial charge in [0.2, 0.25) is 0 Å². The van der Waals surface area contributed by atoms with E-state index in [2.05, 4.69) is 25.3 Å². The fraction of sp³-hybridized carbons (Fsp3) is 0.111. The van der Waals surface area contributed by atoms with Gasteiger partial charge in [0.1, 0.15) is 5.75 Å². The molecule has 0 unspecified atom stereocenters. The normalized spacial score (nSPS) is 11.5. The van der Waals surface area contributed by atoms with Crippen molar-refractivity contribution >= 4 is 27.5 Å². The number of ether oxygens (including phenoxy) is 1. The Hall–Kier alpha value is -1.15. The van der Waals surface area contributed by atoms with Crippen LogP contribution in [0.2, 0.25) is 0 Å². The van der Waals surface area contributed by atoms with Crippen molar-refractivity contribution in [3.05, 3.63) is 34.6 Å². The third kappa shape index (κ3) is 3.16. The van der Waals surface area contributed by atoms with E-state index in [0.717, 1.165) is 4.47 Å². The van der Waals surface area contributed by atoms with Gasteiger partial charge in [0, 0.05) is 16.0 Å². The Labute approximate surface area is 107 Å². The van der Waals surface area contributed by atoms with Crippen molar-refractivity contribution in [1.29, 1.82) is 0 Å². The zero-order valence-electron chi connectivity index (χ0n) is 8.03. The van der Waals surface area contributed by atoms with Crippen molar-refractivity contribution in [3.63, 3.8) is 0 Å². The van der Waals surface area contributed by atoms with Gasteiger partial charge in [-0.15, -0.1) is 0 Å². The average molecular weight is 325 g/mol. The maximum absolute atomic E-state index is 12.2. The first-order valence-corrected chi connectivity index (χ1v) is 5.86. The second-order valence-corrected chi connectivity index (χ2v) is 4.57. The third-order valence-corrected chi connectivity index (χ3v) is 2.75. The average Bonchev–Trinajstić information content (AvgIpc) is 2.65. The highest BCUT2D eigenvalue weighted by Gasteiger charge is 2.36. The largest absolute Gasteiger partial charge is 0.452 e. The molecule has 17 heavy (non-hydrogen) atoms. The predicted molar refractivity (Wildman–Crippen MR) is 59.1 cm³/mol. The second-order valence-electron chi connectivity index (χ2n) is 2.94. The van der Waals surface area contributed by atoms with E-state index in [4.69, 9.17) is 4.74 Å². The lowest BCUT2D eigenvalue weighted by Gasteiger charge is -2.01. The van der Waals surface area contributed by atoms with Crippen LogP contribution in [0, 0.1) is 0 Å². The molecule has 3 nitrogen and oxygen atoms in total. The molecule has 0 amide bonds. The van der Waals surface area contributed by atoms with Crippen LogP contribution in [-0.2, 0) is 6.18 Å². The molecule has 0 N–H and O–H groups in total. The standard InChI is InChI=1S/C9H4BrF3N2OS/c10-5-2-1-3-6(4-5)16-8-14-7(15-17-8)9(11,12)13/h1-4H. The van der Waals surface area contributed by atoms with E-state index in [1.54, 1.807) is 24.3 Å². The smallest absolute Gasteiger partial charge is 0.430 e. The quantitative estimate of drug-likeness (QED) is 0.833. The first-order valence-electron chi connectivity index (χ1n) is 4.29. The molecule has 1 aromatic heterocycles. The Morgan fingerprint density at radius 2 is 2.06 bits per heavy atom. The number of hydrogen-bond donors (Lipinski definition) is 0. The highest BCUT2D eigenvalue weighted by molar-refractivity contribution is 9.10. The number of alkyl halides is 3. The molecule has 0 atom stereocenters. The fourth-order valence-corrected chi connectivity index (χ4v) is 1.95. The number of nitrogens with zero attached hydrogens (tertiary/aromatic N) is 2. The fourth-order valence-electron chi connectivity index (χ4n) is 0.997. The van der Waals surface area contributed by atoms with E-state index in [-0.39, 0.29) is 5.19 Å². The van der Waals surface area contributed by atoms with Crippen molar-refractivity contribution in [2.75, 3.05) is 0 Å². The molecule has 0 radical (unpaired) electrons. The predicted octanol–water partition coefficient (Wildman–Crippen LogP) is 4.11. The first kappa shape index (κ1) is 12.3. The Kier molecular flexibility index (Phi) is 3.34. The Bertz CT molecular complexity index is 529.